The van der Waals surface area contributed by atoms with Crippen molar-refractivity contribution in [2.75, 3.05) is 52.5 Å². The quantitative estimate of drug-likeness (QED) is 0.603. The van der Waals surface area contributed by atoms with Gasteiger partial charge in [0.2, 0.25) is 0 Å². The minimum Gasteiger partial charge on any atom is -0.375 e. The average molecular weight is 353 g/mol. The predicted octanol–water partition coefficient (Wildman–Crippen LogP) is 1.71. The van der Waals surface area contributed by atoms with Crippen LogP contribution >= 0.6 is 0 Å². The van der Waals surface area contributed by atoms with Crippen molar-refractivity contribution in [1.29, 1.82) is 0 Å². The molecule has 1 N–H and O–H groups in total. The molecule has 6 heteroatoms. The van der Waals surface area contributed by atoms with Crippen LogP contribution in [0.25, 0.3) is 0 Å². The van der Waals surface area contributed by atoms with Crippen LogP contribution < -0.4 is 5.32 Å². The molecule has 3 saturated heterocycles. The number of ether oxygens (including phenoxy) is 2. The molecule has 0 aromatic heterocycles. The Hall–Kier alpha value is -0.850. The minimum absolute atomic E-state index is 0.183. The molecule has 3 fully saturated rings. The molecule has 3 heterocycles. The molecule has 3 rings (SSSR count). The van der Waals surface area contributed by atoms with Crippen LogP contribution in [0.15, 0.2) is 4.99 Å². The zero-order chi connectivity index (χ0) is 17.5. The van der Waals surface area contributed by atoms with Crippen molar-refractivity contribution in [2.45, 2.75) is 64.2 Å². The van der Waals surface area contributed by atoms with Gasteiger partial charge in [-0.1, -0.05) is 6.42 Å². The number of hydrogen-bond acceptors (Lipinski definition) is 4. The van der Waals surface area contributed by atoms with Crippen molar-refractivity contribution >= 4 is 5.96 Å². The number of nitrogens with zero attached hydrogens (tertiary/aromatic N) is 3. The van der Waals surface area contributed by atoms with E-state index in [1.54, 1.807) is 0 Å². The molecular formula is C19H36N4O2. The highest BCUT2D eigenvalue weighted by Gasteiger charge is 2.32. The van der Waals surface area contributed by atoms with Crippen LogP contribution in [0.1, 0.15) is 46.0 Å². The first-order chi connectivity index (χ1) is 12.3. The monoisotopic (exact) mass is 352 g/mol. The molecule has 0 radical (unpaired) electrons. The Morgan fingerprint density at radius 3 is 2.72 bits per heavy atom. The highest BCUT2D eigenvalue weighted by Crippen LogP contribution is 2.21. The number of hydrogen-bond donors (Lipinski definition) is 1. The lowest BCUT2D eigenvalue weighted by Crippen LogP contribution is -2.53. The van der Waals surface area contributed by atoms with E-state index in [0.29, 0.717) is 6.04 Å². The lowest BCUT2D eigenvalue weighted by atomic mass is 10.0. The number of piperidine rings is 1. The third-order valence-corrected chi connectivity index (χ3v) is 5.70. The van der Waals surface area contributed by atoms with Gasteiger partial charge in [0.05, 0.1) is 19.3 Å². The van der Waals surface area contributed by atoms with Gasteiger partial charge in [-0.05, 0) is 46.1 Å². The van der Waals surface area contributed by atoms with Gasteiger partial charge in [0.1, 0.15) is 6.10 Å². The highest BCUT2D eigenvalue weighted by atomic mass is 16.5. The number of aliphatic imine (C=N–C) groups is 1. The highest BCUT2D eigenvalue weighted by molar-refractivity contribution is 5.80. The van der Waals surface area contributed by atoms with Crippen LogP contribution in [0, 0.1) is 0 Å². The molecule has 0 spiro atoms. The molecule has 0 saturated carbocycles. The van der Waals surface area contributed by atoms with Gasteiger partial charge >= 0.3 is 0 Å². The smallest absolute Gasteiger partial charge is 0.194 e. The summed E-state index contributed by atoms with van der Waals surface area (Å²) in [4.78, 5) is 9.87. The van der Waals surface area contributed by atoms with Crippen LogP contribution in [-0.4, -0.2) is 86.5 Å². The van der Waals surface area contributed by atoms with Gasteiger partial charge < -0.3 is 19.7 Å². The summed E-state index contributed by atoms with van der Waals surface area (Å²) in [5, 5.41) is 3.47. The van der Waals surface area contributed by atoms with Crippen molar-refractivity contribution in [3.8, 4) is 0 Å². The third kappa shape index (κ3) is 5.31. The van der Waals surface area contributed by atoms with Gasteiger partial charge in [0.15, 0.2) is 5.96 Å². The van der Waals surface area contributed by atoms with E-state index in [0.717, 1.165) is 64.7 Å². The summed E-state index contributed by atoms with van der Waals surface area (Å²) in [5.74, 6) is 1.04. The van der Waals surface area contributed by atoms with E-state index in [9.17, 15) is 0 Å². The molecule has 3 aliphatic heterocycles. The molecule has 6 nitrogen and oxygen atoms in total. The Morgan fingerprint density at radius 1 is 1.08 bits per heavy atom. The van der Waals surface area contributed by atoms with Crippen molar-refractivity contribution < 1.29 is 9.47 Å². The maximum absolute atomic E-state index is 5.98. The molecule has 25 heavy (non-hydrogen) atoms. The first-order valence-corrected chi connectivity index (χ1v) is 10.3. The van der Waals surface area contributed by atoms with E-state index in [1.165, 1.54) is 25.8 Å². The van der Waals surface area contributed by atoms with Crippen LogP contribution in [0.2, 0.25) is 0 Å². The largest absolute Gasteiger partial charge is 0.375 e. The van der Waals surface area contributed by atoms with Gasteiger partial charge in [-0.25, -0.2) is 0 Å². The number of nitrogens with one attached hydrogen (secondary N) is 1. The maximum Gasteiger partial charge on any atom is 0.194 e. The Balaban J connectivity index is 1.53. The van der Waals surface area contributed by atoms with E-state index in [-0.39, 0.29) is 12.2 Å². The van der Waals surface area contributed by atoms with Gasteiger partial charge in [-0.15, -0.1) is 0 Å². The molecule has 0 aromatic rings. The second kappa shape index (κ2) is 9.74. The Kier molecular flexibility index (Phi) is 7.37. The lowest BCUT2D eigenvalue weighted by Gasteiger charge is -2.37. The molecule has 3 atom stereocenters. The standard InChI is InChI=1S/C19H36N4O2/c1-3-20-19(21-9-11-22-10-5-4-7-16(22)2)23-12-14-25-18(15-23)17-8-6-13-24-17/h16-18H,3-15H2,1-2H3,(H,20,21). The Bertz CT molecular complexity index is 426. The number of morpholine rings is 1. The summed E-state index contributed by atoms with van der Waals surface area (Å²) < 4.78 is 11.8. The second-order valence-electron chi connectivity index (χ2n) is 7.52. The number of rotatable bonds is 5. The van der Waals surface area contributed by atoms with Crippen molar-refractivity contribution in [3.05, 3.63) is 0 Å². The minimum atomic E-state index is 0.183. The normalized spacial score (nSPS) is 32.2. The molecule has 0 amide bonds. The van der Waals surface area contributed by atoms with Gasteiger partial charge in [-0.3, -0.25) is 9.89 Å². The molecular weight excluding hydrogens is 316 g/mol. The summed E-state index contributed by atoms with van der Waals surface area (Å²) in [5.41, 5.74) is 0. The van der Waals surface area contributed by atoms with Crippen molar-refractivity contribution in [1.82, 2.24) is 15.1 Å². The van der Waals surface area contributed by atoms with E-state index >= 15 is 0 Å². The Labute approximate surface area is 152 Å². The Morgan fingerprint density at radius 2 is 1.96 bits per heavy atom. The molecule has 144 valence electrons. The fraction of sp³-hybridized carbons (Fsp3) is 0.947. The predicted molar refractivity (Wildman–Crippen MR) is 101 cm³/mol. The molecule has 0 bridgehead atoms. The topological polar surface area (TPSA) is 49.3 Å². The molecule has 3 aliphatic rings. The van der Waals surface area contributed by atoms with Crippen LogP contribution in [0.3, 0.4) is 0 Å². The summed E-state index contributed by atoms with van der Waals surface area (Å²) in [6.45, 7) is 12.0. The molecule has 3 unspecified atom stereocenters. The summed E-state index contributed by atoms with van der Waals surface area (Å²) in [6.07, 6.45) is 6.77. The SMILES string of the molecule is CCNC(=NCCN1CCCCC1C)N1CCOC(C2CCCO2)C1. The molecule has 0 aromatic carbocycles. The van der Waals surface area contributed by atoms with Crippen LogP contribution in [0.4, 0.5) is 0 Å². The first kappa shape index (κ1) is 18.9. The summed E-state index contributed by atoms with van der Waals surface area (Å²) >= 11 is 0. The number of likely N-dealkylation sites (tertiary alicyclic amines) is 1. The first-order valence-electron chi connectivity index (χ1n) is 10.3. The van der Waals surface area contributed by atoms with Crippen molar-refractivity contribution in [3.63, 3.8) is 0 Å². The van der Waals surface area contributed by atoms with Crippen LogP contribution in [-0.2, 0) is 9.47 Å². The van der Waals surface area contributed by atoms with Crippen LogP contribution in [0.5, 0.6) is 0 Å². The maximum atomic E-state index is 5.98. The third-order valence-electron chi connectivity index (χ3n) is 5.70. The lowest BCUT2D eigenvalue weighted by molar-refractivity contribution is -0.0817. The summed E-state index contributed by atoms with van der Waals surface area (Å²) in [6, 6.07) is 0.707. The van der Waals surface area contributed by atoms with Gasteiger partial charge in [0, 0.05) is 38.8 Å². The zero-order valence-electron chi connectivity index (χ0n) is 16.1. The fourth-order valence-electron chi connectivity index (χ4n) is 4.19. The summed E-state index contributed by atoms with van der Waals surface area (Å²) in [7, 11) is 0. The number of guanidine groups is 1. The van der Waals surface area contributed by atoms with Crippen molar-refractivity contribution in [2.24, 2.45) is 4.99 Å². The average Bonchev–Trinajstić information content (AvgIpc) is 3.17. The molecule has 0 aliphatic carbocycles. The van der Waals surface area contributed by atoms with Gasteiger partial charge in [-0.2, -0.15) is 0 Å². The zero-order valence-corrected chi connectivity index (χ0v) is 16.1. The van der Waals surface area contributed by atoms with E-state index in [2.05, 4.69) is 29.0 Å². The fourth-order valence-corrected chi connectivity index (χ4v) is 4.19. The van der Waals surface area contributed by atoms with E-state index < -0.39 is 0 Å². The second-order valence-corrected chi connectivity index (χ2v) is 7.52. The van der Waals surface area contributed by atoms with E-state index in [4.69, 9.17) is 14.5 Å². The van der Waals surface area contributed by atoms with E-state index in [1.807, 2.05) is 0 Å². The van der Waals surface area contributed by atoms with Gasteiger partial charge in [0.25, 0.3) is 0 Å².